The Balaban J connectivity index is 1.77. The Kier molecular flexibility index (Phi) is 3.60. The molecule has 1 aliphatic heterocycles. The molecule has 0 aromatic heterocycles. The first kappa shape index (κ1) is 16.7. The van der Waals surface area contributed by atoms with Crippen LogP contribution in [0.2, 0.25) is 0 Å². The number of aliphatic carboxylic acids is 1. The lowest BCUT2D eigenvalue weighted by Gasteiger charge is -2.58. The zero-order valence-electron chi connectivity index (χ0n) is 14.5. The summed E-state index contributed by atoms with van der Waals surface area (Å²) in [6, 6.07) is 0. The third kappa shape index (κ3) is 2.23. The quantitative estimate of drug-likeness (QED) is 0.781. The molecule has 3 aliphatic rings. The number of likely N-dealkylation sites (tertiary alicyclic amines) is 1. The van der Waals surface area contributed by atoms with Gasteiger partial charge in [-0.15, -0.1) is 0 Å². The van der Waals surface area contributed by atoms with Gasteiger partial charge < -0.3 is 15.1 Å². The molecule has 2 aliphatic carbocycles. The molecule has 0 radical (unpaired) electrons. The lowest BCUT2D eigenvalue weighted by Crippen LogP contribution is -2.62. The number of amides is 1. The molecule has 3 fully saturated rings. The van der Waals surface area contributed by atoms with E-state index in [-0.39, 0.29) is 28.8 Å². The molecule has 1 amide bonds. The smallest absolute Gasteiger partial charge is 0.319 e. The van der Waals surface area contributed by atoms with E-state index in [4.69, 9.17) is 0 Å². The van der Waals surface area contributed by atoms with E-state index in [1.54, 1.807) is 4.90 Å². The third-order valence-electron chi connectivity index (χ3n) is 7.12. The van der Waals surface area contributed by atoms with E-state index in [0.717, 1.165) is 25.7 Å². The molecule has 0 aromatic rings. The zero-order valence-corrected chi connectivity index (χ0v) is 14.5. The standard InChI is InChI=1S/C18H29NO4/c1-15(2,3)17(12-20)7-8-19(11-17)13(21)18(14(22)23)9-16(10-18)5-4-6-16/h20H,4-12H2,1-3H3,(H,22,23). The van der Waals surface area contributed by atoms with Crippen LogP contribution in [0.1, 0.15) is 59.3 Å². The number of carboxylic acid groups (broad SMARTS) is 1. The van der Waals surface area contributed by atoms with Crippen molar-refractivity contribution in [2.24, 2.45) is 21.7 Å². The second-order valence-electron chi connectivity index (χ2n) is 9.26. The van der Waals surface area contributed by atoms with Crippen LogP contribution in [0.25, 0.3) is 0 Å². The lowest BCUT2D eigenvalue weighted by molar-refractivity contribution is -0.186. The Morgan fingerprint density at radius 1 is 1.13 bits per heavy atom. The van der Waals surface area contributed by atoms with Gasteiger partial charge in [0, 0.05) is 18.5 Å². The first-order valence-corrected chi connectivity index (χ1v) is 8.74. The van der Waals surface area contributed by atoms with Gasteiger partial charge in [-0.25, -0.2) is 0 Å². The van der Waals surface area contributed by atoms with Crippen LogP contribution in [0.4, 0.5) is 0 Å². The van der Waals surface area contributed by atoms with Crippen molar-refractivity contribution in [3.63, 3.8) is 0 Å². The van der Waals surface area contributed by atoms with Gasteiger partial charge in [0.25, 0.3) is 0 Å². The maximum absolute atomic E-state index is 13.0. The number of aliphatic hydroxyl groups is 1. The summed E-state index contributed by atoms with van der Waals surface area (Å²) in [6.45, 7) is 7.29. The van der Waals surface area contributed by atoms with Crippen LogP contribution in [-0.2, 0) is 9.59 Å². The molecule has 2 N–H and O–H groups in total. The predicted octanol–water partition coefficient (Wildman–Crippen LogP) is 2.28. The summed E-state index contributed by atoms with van der Waals surface area (Å²) in [6.07, 6.45) is 5.04. The summed E-state index contributed by atoms with van der Waals surface area (Å²) in [4.78, 5) is 26.6. The molecule has 1 saturated heterocycles. The molecule has 2 saturated carbocycles. The predicted molar refractivity (Wildman–Crippen MR) is 85.8 cm³/mol. The van der Waals surface area contributed by atoms with Crippen molar-refractivity contribution in [3.05, 3.63) is 0 Å². The molecule has 5 nitrogen and oxygen atoms in total. The number of hydrogen-bond donors (Lipinski definition) is 2. The summed E-state index contributed by atoms with van der Waals surface area (Å²) < 4.78 is 0. The van der Waals surface area contributed by atoms with Crippen molar-refractivity contribution in [1.82, 2.24) is 4.90 Å². The topological polar surface area (TPSA) is 77.8 Å². The van der Waals surface area contributed by atoms with Crippen LogP contribution in [0.3, 0.4) is 0 Å². The number of carboxylic acids is 1. The molecule has 0 aromatic carbocycles. The fourth-order valence-corrected chi connectivity index (χ4v) is 4.98. The van der Waals surface area contributed by atoms with Gasteiger partial charge in [-0.3, -0.25) is 9.59 Å². The minimum Gasteiger partial charge on any atom is -0.480 e. The highest BCUT2D eigenvalue weighted by Crippen LogP contribution is 2.65. The second-order valence-corrected chi connectivity index (χ2v) is 9.26. The highest BCUT2D eigenvalue weighted by Gasteiger charge is 2.66. The van der Waals surface area contributed by atoms with E-state index >= 15 is 0 Å². The SMILES string of the molecule is CC(C)(C)C1(CO)CCN(C(=O)C2(C(=O)O)CC3(CCC3)C2)C1. The maximum Gasteiger partial charge on any atom is 0.319 e. The van der Waals surface area contributed by atoms with Gasteiger partial charge in [-0.2, -0.15) is 0 Å². The van der Waals surface area contributed by atoms with Crippen LogP contribution in [-0.4, -0.2) is 46.7 Å². The molecule has 3 rings (SSSR count). The molecular weight excluding hydrogens is 294 g/mol. The van der Waals surface area contributed by atoms with E-state index in [2.05, 4.69) is 20.8 Å². The monoisotopic (exact) mass is 323 g/mol. The number of nitrogens with zero attached hydrogens (tertiary/aromatic N) is 1. The van der Waals surface area contributed by atoms with Gasteiger partial charge in [0.15, 0.2) is 0 Å². The Morgan fingerprint density at radius 3 is 2.09 bits per heavy atom. The lowest BCUT2D eigenvalue weighted by atomic mass is 9.45. The Morgan fingerprint density at radius 2 is 1.74 bits per heavy atom. The summed E-state index contributed by atoms with van der Waals surface area (Å²) in [5.41, 5.74) is -1.53. The summed E-state index contributed by atoms with van der Waals surface area (Å²) in [5.74, 6) is -1.18. The molecule has 1 atom stereocenters. The Hall–Kier alpha value is -1.10. The van der Waals surface area contributed by atoms with Gasteiger partial charge in [0.05, 0.1) is 6.61 Å². The molecule has 130 valence electrons. The van der Waals surface area contributed by atoms with E-state index in [0.29, 0.717) is 25.9 Å². The highest BCUT2D eigenvalue weighted by atomic mass is 16.4. The number of rotatable bonds is 3. The van der Waals surface area contributed by atoms with E-state index in [1.807, 2.05) is 0 Å². The first-order chi connectivity index (χ1) is 10.6. The van der Waals surface area contributed by atoms with Gasteiger partial charge >= 0.3 is 5.97 Å². The van der Waals surface area contributed by atoms with Crippen molar-refractivity contribution < 1.29 is 19.8 Å². The summed E-state index contributed by atoms with van der Waals surface area (Å²) >= 11 is 0. The van der Waals surface area contributed by atoms with Gasteiger partial charge in [-0.05, 0) is 42.9 Å². The minimum atomic E-state index is -1.20. The summed E-state index contributed by atoms with van der Waals surface area (Å²) in [5, 5.41) is 19.6. The van der Waals surface area contributed by atoms with Crippen molar-refractivity contribution in [2.45, 2.75) is 59.3 Å². The van der Waals surface area contributed by atoms with Crippen LogP contribution in [0.5, 0.6) is 0 Å². The molecule has 23 heavy (non-hydrogen) atoms. The molecule has 0 bridgehead atoms. The second kappa shape index (κ2) is 4.95. The van der Waals surface area contributed by atoms with Gasteiger partial charge in [-0.1, -0.05) is 27.2 Å². The number of carbonyl (C=O) groups is 2. The maximum atomic E-state index is 13.0. The van der Waals surface area contributed by atoms with Gasteiger partial charge in [0.1, 0.15) is 5.41 Å². The number of carbonyl (C=O) groups excluding carboxylic acids is 1. The van der Waals surface area contributed by atoms with Crippen molar-refractivity contribution in [1.29, 1.82) is 0 Å². The molecule has 1 spiro atoms. The van der Waals surface area contributed by atoms with E-state index < -0.39 is 11.4 Å². The fourth-order valence-electron chi connectivity index (χ4n) is 4.98. The van der Waals surface area contributed by atoms with Gasteiger partial charge in [0.2, 0.25) is 5.91 Å². The van der Waals surface area contributed by atoms with Crippen molar-refractivity contribution in [2.75, 3.05) is 19.7 Å². The van der Waals surface area contributed by atoms with Crippen LogP contribution in [0.15, 0.2) is 0 Å². The number of hydrogen-bond acceptors (Lipinski definition) is 3. The van der Waals surface area contributed by atoms with Crippen LogP contribution in [0, 0.1) is 21.7 Å². The van der Waals surface area contributed by atoms with Crippen molar-refractivity contribution in [3.8, 4) is 0 Å². The molecule has 5 heteroatoms. The fraction of sp³-hybridized carbons (Fsp3) is 0.889. The minimum absolute atomic E-state index is 0.0320. The van der Waals surface area contributed by atoms with Crippen LogP contribution >= 0.6 is 0 Å². The Bertz CT molecular complexity index is 524. The zero-order chi connectivity index (χ0) is 17.1. The number of aliphatic hydroxyl groups excluding tert-OH is 1. The largest absolute Gasteiger partial charge is 0.480 e. The molecule has 1 unspecified atom stereocenters. The normalized spacial score (nSPS) is 31.6. The van der Waals surface area contributed by atoms with Crippen LogP contribution < -0.4 is 0 Å². The molecule has 1 heterocycles. The Labute approximate surface area is 138 Å². The van der Waals surface area contributed by atoms with E-state index in [9.17, 15) is 19.8 Å². The first-order valence-electron chi connectivity index (χ1n) is 8.74. The van der Waals surface area contributed by atoms with E-state index in [1.165, 1.54) is 0 Å². The summed E-state index contributed by atoms with van der Waals surface area (Å²) in [7, 11) is 0. The highest BCUT2D eigenvalue weighted by molar-refractivity contribution is 6.03. The average Bonchev–Trinajstić information content (AvgIpc) is 2.80. The average molecular weight is 323 g/mol. The third-order valence-corrected chi connectivity index (χ3v) is 7.12. The molecular formula is C18H29NO4. The van der Waals surface area contributed by atoms with Crippen molar-refractivity contribution >= 4 is 11.9 Å².